The van der Waals surface area contributed by atoms with Gasteiger partial charge in [-0.2, -0.15) is 0 Å². The average Bonchev–Trinajstić information content (AvgIpc) is 2.79. The smallest absolute Gasteiger partial charge is 0.123 e. The van der Waals surface area contributed by atoms with Crippen LogP contribution in [0.3, 0.4) is 0 Å². The molecule has 3 N–H and O–H groups in total. The molecule has 1 aliphatic heterocycles. The number of phenolic OH excluding ortho intramolecular Hbond substituents is 2. The van der Waals surface area contributed by atoms with Crippen molar-refractivity contribution in [2.45, 2.75) is 32.4 Å². The van der Waals surface area contributed by atoms with Crippen LogP contribution in [0, 0.1) is 0 Å². The molecule has 18 heavy (non-hydrogen) atoms. The van der Waals surface area contributed by atoms with E-state index in [0.29, 0.717) is 12.6 Å². The first kappa shape index (κ1) is 13.2. The van der Waals surface area contributed by atoms with Gasteiger partial charge in [-0.3, -0.25) is 4.90 Å². The highest BCUT2D eigenvalue weighted by Crippen LogP contribution is 2.22. The van der Waals surface area contributed by atoms with Crippen LogP contribution < -0.4 is 5.32 Å². The van der Waals surface area contributed by atoms with Crippen LogP contribution in [0.15, 0.2) is 18.2 Å². The second-order valence-electron chi connectivity index (χ2n) is 4.87. The van der Waals surface area contributed by atoms with Crippen molar-refractivity contribution in [1.29, 1.82) is 0 Å². The molecular formula is C14H22N2O2. The van der Waals surface area contributed by atoms with Gasteiger partial charge in [0.2, 0.25) is 0 Å². The van der Waals surface area contributed by atoms with Crippen molar-refractivity contribution < 1.29 is 10.2 Å². The Labute approximate surface area is 108 Å². The minimum atomic E-state index is 0.101. The van der Waals surface area contributed by atoms with Crippen LogP contribution in [0.2, 0.25) is 0 Å². The number of hydrogen-bond acceptors (Lipinski definition) is 4. The summed E-state index contributed by atoms with van der Waals surface area (Å²) in [6, 6.07) is 5.36. The molecule has 0 radical (unpaired) electrons. The highest BCUT2D eigenvalue weighted by Gasteiger charge is 2.22. The second-order valence-corrected chi connectivity index (χ2v) is 4.87. The Morgan fingerprint density at radius 1 is 1.39 bits per heavy atom. The molecule has 0 bridgehead atoms. The molecule has 1 atom stereocenters. The third kappa shape index (κ3) is 3.15. The van der Waals surface area contributed by atoms with Gasteiger partial charge in [-0.1, -0.05) is 13.0 Å². The zero-order valence-electron chi connectivity index (χ0n) is 10.9. The van der Waals surface area contributed by atoms with E-state index in [4.69, 9.17) is 0 Å². The second kappa shape index (κ2) is 6.07. The zero-order chi connectivity index (χ0) is 13.0. The summed E-state index contributed by atoms with van der Waals surface area (Å²) in [6.45, 7) is 6.10. The van der Waals surface area contributed by atoms with E-state index in [9.17, 15) is 10.2 Å². The SMILES string of the molecule is CCN1CCCC1CNCc1ccc(O)cc1O. The Morgan fingerprint density at radius 2 is 2.22 bits per heavy atom. The van der Waals surface area contributed by atoms with E-state index in [1.54, 1.807) is 12.1 Å². The molecule has 1 aliphatic rings. The fourth-order valence-corrected chi connectivity index (χ4v) is 2.62. The molecule has 0 aromatic heterocycles. The lowest BCUT2D eigenvalue weighted by Crippen LogP contribution is -2.37. The molecule has 4 heteroatoms. The lowest BCUT2D eigenvalue weighted by atomic mass is 10.1. The van der Waals surface area contributed by atoms with Crippen LogP contribution in [0.1, 0.15) is 25.3 Å². The van der Waals surface area contributed by atoms with Crippen molar-refractivity contribution in [2.75, 3.05) is 19.6 Å². The van der Waals surface area contributed by atoms with Crippen LogP contribution >= 0.6 is 0 Å². The van der Waals surface area contributed by atoms with E-state index in [2.05, 4.69) is 17.1 Å². The Bertz CT molecular complexity index is 395. The van der Waals surface area contributed by atoms with Crippen LogP contribution in [-0.2, 0) is 6.54 Å². The summed E-state index contributed by atoms with van der Waals surface area (Å²) < 4.78 is 0. The molecule has 1 unspecified atom stereocenters. The predicted molar refractivity (Wildman–Crippen MR) is 71.7 cm³/mol. The van der Waals surface area contributed by atoms with Crippen LogP contribution in [0.5, 0.6) is 11.5 Å². The van der Waals surface area contributed by atoms with Crippen molar-refractivity contribution >= 4 is 0 Å². The summed E-state index contributed by atoms with van der Waals surface area (Å²) in [4.78, 5) is 2.49. The minimum absolute atomic E-state index is 0.101. The normalized spacial score (nSPS) is 20.4. The number of rotatable bonds is 5. The predicted octanol–water partition coefficient (Wildman–Crippen LogP) is 1.67. The molecule has 100 valence electrons. The van der Waals surface area contributed by atoms with E-state index in [1.165, 1.54) is 25.5 Å². The quantitative estimate of drug-likeness (QED) is 0.744. The first-order valence-electron chi connectivity index (χ1n) is 6.66. The molecule has 1 aromatic carbocycles. The van der Waals surface area contributed by atoms with Crippen molar-refractivity contribution in [3.05, 3.63) is 23.8 Å². The monoisotopic (exact) mass is 250 g/mol. The van der Waals surface area contributed by atoms with Gasteiger partial charge in [-0.05, 0) is 32.0 Å². The van der Waals surface area contributed by atoms with Gasteiger partial charge >= 0.3 is 0 Å². The van der Waals surface area contributed by atoms with Gasteiger partial charge < -0.3 is 15.5 Å². The number of hydrogen-bond donors (Lipinski definition) is 3. The molecular weight excluding hydrogens is 228 g/mol. The summed E-state index contributed by atoms with van der Waals surface area (Å²) in [7, 11) is 0. The highest BCUT2D eigenvalue weighted by molar-refractivity contribution is 5.38. The molecule has 0 saturated carbocycles. The summed E-state index contributed by atoms with van der Waals surface area (Å²) in [6.07, 6.45) is 2.53. The summed E-state index contributed by atoms with van der Waals surface area (Å²) >= 11 is 0. The standard InChI is InChI=1S/C14H22N2O2/c1-2-16-7-3-4-12(16)10-15-9-11-5-6-13(17)8-14(11)18/h5-6,8,12,15,17-18H,2-4,7,9-10H2,1H3. The highest BCUT2D eigenvalue weighted by atomic mass is 16.3. The van der Waals surface area contributed by atoms with Crippen molar-refractivity contribution in [3.8, 4) is 11.5 Å². The van der Waals surface area contributed by atoms with Crippen molar-refractivity contribution in [1.82, 2.24) is 10.2 Å². The molecule has 1 saturated heterocycles. The van der Waals surface area contributed by atoms with E-state index in [1.807, 2.05) is 0 Å². The number of phenols is 2. The molecule has 1 heterocycles. The molecule has 4 nitrogen and oxygen atoms in total. The van der Waals surface area contributed by atoms with Crippen molar-refractivity contribution in [3.63, 3.8) is 0 Å². The van der Waals surface area contributed by atoms with E-state index < -0.39 is 0 Å². The Balaban J connectivity index is 1.81. The molecule has 0 aliphatic carbocycles. The van der Waals surface area contributed by atoms with Gasteiger partial charge in [-0.15, -0.1) is 0 Å². The van der Waals surface area contributed by atoms with Gasteiger partial charge in [-0.25, -0.2) is 0 Å². The number of likely N-dealkylation sites (N-methyl/N-ethyl adjacent to an activating group) is 1. The Hall–Kier alpha value is -1.26. The minimum Gasteiger partial charge on any atom is -0.508 e. The molecule has 2 rings (SSSR count). The van der Waals surface area contributed by atoms with Gasteiger partial charge in [0.25, 0.3) is 0 Å². The van der Waals surface area contributed by atoms with E-state index in [-0.39, 0.29) is 11.5 Å². The number of benzene rings is 1. The van der Waals surface area contributed by atoms with E-state index in [0.717, 1.165) is 18.7 Å². The molecule has 0 spiro atoms. The topological polar surface area (TPSA) is 55.7 Å². The molecule has 0 amide bonds. The third-order valence-electron chi connectivity index (χ3n) is 3.67. The fraction of sp³-hybridized carbons (Fsp3) is 0.571. The average molecular weight is 250 g/mol. The van der Waals surface area contributed by atoms with Crippen LogP contribution in [0.25, 0.3) is 0 Å². The van der Waals surface area contributed by atoms with Crippen molar-refractivity contribution in [2.24, 2.45) is 0 Å². The first-order chi connectivity index (χ1) is 8.70. The summed E-state index contributed by atoms with van der Waals surface area (Å²) in [5.74, 6) is 0.255. The maximum atomic E-state index is 9.67. The van der Waals surface area contributed by atoms with E-state index >= 15 is 0 Å². The van der Waals surface area contributed by atoms with Gasteiger partial charge in [0.05, 0.1) is 0 Å². The Kier molecular flexibility index (Phi) is 4.44. The maximum Gasteiger partial charge on any atom is 0.123 e. The maximum absolute atomic E-state index is 9.67. The first-order valence-corrected chi connectivity index (χ1v) is 6.66. The third-order valence-corrected chi connectivity index (χ3v) is 3.67. The molecule has 1 fully saturated rings. The van der Waals surface area contributed by atoms with Crippen LogP contribution in [-0.4, -0.2) is 40.8 Å². The summed E-state index contributed by atoms with van der Waals surface area (Å²) in [5.41, 5.74) is 0.828. The number of nitrogens with zero attached hydrogens (tertiary/aromatic N) is 1. The van der Waals surface area contributed by atoms with Gasteiger partial charge in [0, 0.05) is 30.8 Å². The van der Waals surface area contributed by atoms with Gasteiger partial charge in [0.15, 0.2) is 0 Å². The number of likely N-dealkylation sites (tertiary alicyclic amines) is 1. The zero-order valence-corrected chi connectivity index (χ0v) is 10.9. The molecule has 1 aromatic rings. The largest absolute Gasteiger partial charge is 0.508 e. The number of nitrogens with one attached hydrogen (secondary N) is 1. The lowest BCUT2D eigenvalue weighted by molar-refractivity contribution is 0.259. The Morgan fingerprint density at radius 3 is 2.94 bits per heavy atom. The lowest BCUT2D eigenvalue weighted by Gasteiger charge is -2.23. The summed E-state index contributed by atoms with van der Waals surface area (Å²) in [5, 5.41) is 22.3. The van der Waals surface area contributed by atoms with Gasteiger partial charge in [0.1, 0.15) is 11.5 Å². The number of aromatic hydroxyl groups is 2. The van der Waals surface area contributed by atoms with Crippen LogP contribution in [0.4, 0.5) is 0 Å². The fourth-order valence-electron chi connectivity index (χ4n) is 2.62.